The SMILES string of the molecule is O=c1c(O[C@@H]2O[C@H](CO)[C@@H](O)[C@H](O)[C@H]2O)c(-c2ccc(O)c(O)c2)oc2cc(O)c(O)c(O)c12. The standard InChI is InChI=1S/C21H20O13/c22-5-11-14(27)17(30)18(31)21(33-11)34-20-16(29)12-10(4-9(25)13(26)15(12)28)32-19(20)6-1-2-7(23)8(24)3-6/h1-4,11,14,17-18,21-28,30-31H,5H2/t11-,14-,17+,18-,21+/m1/s1. The summed E-state index contributed by atoms with van der Waals surface area (Å²) in [6.45, 7) is -0.774. The van der Waals surface area contributed by atoms with Crippen molar-refractivity contribution < 1.29 is 59.8 Å². The lowest BCUT2D eigenvalue weighted by atomic mass is 9.99. The molecule has 1 aromatic heterocycles. The van der Waals surface area contributed by atoms with Crippen LogP contribution in [-0.4, -0.2) is 83.3 Å². The van der Waals surface area contributed by atoms with E-state index in [4.69, 9.17) is 13.9 Å². The summed E-state index contributed by atoms with van der Waals surface area (Å²) in [6, 6.07) is 4.13. The van der Waals surface area contributed by atoms with Crippen molar-refractivity contribution in [3.63, 3.8) is 0 Å². The summed E-state index contributed by atoms with van der Waals surface area (Å²) in [4.78, 5) is 13.3. The molecule has 0 amide bonds. The third-order valence-corrected chi connectivity index (χ3v) is 5.39. The van der Waals surface area contributed by atoms with Crippen LogP contribution in [0.15, 0.2) is 33.5 Å². The zero-order valence-corrected chi connectivity index (χ0v) is 17.1. The molecule has 5 atom stereocenters. The van der Waals surface area contributed by atoms with Crippen molar-refractivity contribution in [2.45, 2.75) is 30.7 Å². The monoisotopic (exact) mass is 480 g/mol. The van der Waals surface area contributed by atoms with E-state index in [1.54, 1.807) is 0 Å². The van der Waals surface area contributed by atoms with Gasteiger partial charge in [-0.05, 0) is 18.2 Å². The largest absolute Gasteiger partial charge is 0.504 e. The van der Waals surface area contributed by atoms with Gasteiger partial charge in [0.1, 0.15) is 35.4 Å². The number of phenolic OH excluding ortho intramolecular Hbond substituents is 5. The van der Waals surface area contributed by atoms with Gasteiger partial charge in [0.25, 0.3) is 0 Å². The molecule has 0 aliphatic carbocycles. The van der Waals surface area contributed by atoms with Crippen LogP contribution < -0.4 is 10.2 Å². The number of hydrogen-bond acceptors (Lipinski definition) is 13. The summed E-state index contributed by atoms with van der Waals surface area (Å²) in [6.07, 6.45) is -8.64. The molecule has 13 nitrogen and oxygen atoms in total. The van der Waals surface area contributed by atoms with E-state index in [1.165, 1.54) is 6.07 Å². The van der Waals surface area contributed by atoms with Gasteiger partial charge in [-0.25, -0.2) is 0 Å². The molecule has 0 saturated carbocycles. The summed E-state index contributed by atoms with van der Waals surface area (Å²) in [5.41, 5.74) is -1.56. The highest BCUT2D eigenvalue weighted by atomic mass is 16.7. The van der Waals surface area contributed by atoms with Crippen molar-refractivity contribution in [3.8, 4) is 45.8 Å². The van der Waals surface area contributed by atoms with Crippen LogP contribution in [0.4, 0.5) is 0 Å². The number of phenols is 5. The molecule has 2 aromatic carbocycles. The van der Waals surface area contributed by atoms with E-state index < -0.39 is 94.0 Å². The van der Waals surface area contributed by atoms with Crippen molar-refractivity contribution in [2.75, 3.05) is 6.61 Å². The quantitative estimate of drug-likeness (QED) is 0.208. The van der Waals surface area contributed by atoms with Crippen molar-refractivity contribution >= 4 is 11.0 Å². The number of ether oxygens (including phenoxy) is 2. The maximum atomic E-state index is 13.3. The number of aromatic hydroxyl groups is 5. The first kappa shape index (κ1) is 23.4. The fraction of sp³-hybridized carbons (Fsp3) is 0.286. The van der Waals surface area contributed by atoms with Gasteiger partial charge in [-0.15, -0.1) is 0 Å². The minimum Gasteiger partial charge on any atom is -0.504 e. The van der Waals surface area contributed by atoms with E-state index in [0.29, 0.717) is 0 Å². The van der Waals surface area contributed by atoms with Gasteiger partial charge in [-0.1, -0.05) is 0 Å². The van der Waals surface area contributed by atoms with Crippen molar-refractivity contribution in [1.29, 1.82) is 0 Å². The van der Waals surface area contributed by atoms with Gasteiger partial charge < -0.3 is 59.8 Å². The second-order valence-electron chi connectivity index (χ2n) is 7.57. The number of aliphatic hydroxyl groups is 4. The van der Waals surface area contributed by atoms with E-state index in [2.05, 4.69) is 0 Å². The van der Waals surface area contributed by atoms with Crippen LogP contribution in [0.5, 0.6) is 34.5 Å². The van der Waals surface area contributed by atoms with Gasteiger partial charge in [0.2, 0.25) is 23.2 Å². The van der Waals surface area contributed by atoms with Crippen molar-refractivity contribution in [1.82, 2.24) is 0 Å². The molecule has 1 aliphatic rings. The minimum atomic E-state index is -1.91. The number of rotatable bonds is 4. The lowest BCUT2D eigenvalue weighted by Gasteiger charge is -2.39. The summed E-state index contributed by atoms with van der Waals surface area (Å²) in [5, 5.41) is 88.3. The van der Waals surface area contributed by atoms with Crippen LogP contribution >= 0.6 is 0 Å². The molecular weight excluding hydrogens is 460 g/mol. The lowest BCUT2D eigenvalue weighted by molar-refractivity contribution is -0.277. The van der Waals surface area contributed by atoms with Crippen LogP contribution in [0.25, 0.3) is 22.3 Å². The zero-order valence-electron chi connectivity index (χ0n) is 17.1. The highest BCUT2D eigenvalue weighted by Crippen LogP contribution is 2.43. The van der Waals surface area contributed by atoms with E-state index in [-0.39, 0.29) is 5.56 Å². The first-order valence-corrected chi connectivity index (χ1v) is 9.79. The maximum Gasteiger partial charge on any atom is 0.239 e. The molecule has 4 rings (SSSR count). The molecule has 1 fully saturated rings. The van der Waals surface area contributed by atoms with Crippen LogP contribution in [0.2, 0.25) is 0 Å². The van der Waals surface area contributed by atoms with Gasteiger partial charge in [-0.2, -0.15) is 0 Å². The number of aliphatic hydroxyl groups excluding tert-OH is 4. The first-order valence-electron chi connectivity index (χ1n) is 9.79. The third kappa shape index (κ3) is 3.70. The molecule has 0 radical (unpaired) electrons. The summed E-state index contributed by atoms with van der Waals surface area (Å²) in [7, 11) is 0. The molecule has 0 bridgehead atoms. The molecule has 9 N–H and O–H groups in total. The first-order chi connectivity index (χ1) is 16.0. The third-order valence-electron chi connectivity index (χ3n) is 5.39. The second-order valence-corrected chi connectivity index (χ2v) is 7.57. The van der Waals surface area contributed by atoms with Crippen LogP contribution in [0.3, 0.4) is 0 Å². The minimum absolute atomic E-state index is 0.0408. The number of benzene rings is 2. The molecule has 0 unspecified atom stereocenters. The van der Waals surface area contributed by atoms with Gasteiger partial charge in [0, 0.05) is 11.6 Å². The van der Waals surface area contributed by atoms with E-state index in [0.717, 1.165) is 18.2 Å². The van der Waals surface area contributed by atoms with Crippen molar-refractivity contribution in [2.24, 2.45) is 0 Å². The summed E-state index contributed by atoms with van der Waals surface area (Å²) >= 11 is 0. The highest BCUT2D eigenvalue weighted by molar-refractivity contribution is 5.91. The lowest BCUT2D eigenvalue weighted by Crippen LogP contribution is -2.60. The second kappa shape index (κ2) is 8.55. The van der Waals surface area contributed by atoms with Gasteiger partial charge in [0.05, 0.1) is 6.61 Å². The van der Waals surface area contributed by atoms with E-state index in [1.807, 2.05) is 0 Å². The highest BCUT2D eigenvalue weighted by Gasteiger charge is 2.45. The molecule has 34 heavy (non-hydrogen) atoms. The Morgan fingerprint density at radius 3 is 2.21 bits per heavy atom. The summed E-state index contributed by atoms with van der Waals surface area (Å²) in [5.74, 6) is -5.12. The molecule has 13 heteroatoms. The normalized spacial score (nSPS) is 24.9. The Morgan fingerprint density at radius 2 is 1.56 bits per heavy atom. The Bertz CT molecular complexity index is 1300. The Labute approximate surface area is 189 Å². The Hall–Kier alpha value is -3.75. The Morgan fingerprint density at radius 1 is 0.853 bits per heavy atom. The average Bonchev–Trinajstić information content (AvgIpc) is 2.80. The molecule has 1 saturated heterocycles. The van der Waals surface area contributed by atoms with Crippen LogP contribution in [0.1, 0.15) is 0 Å². The summed E-state index contributed by atoms with van der Waals surface area (Å²) < 4.78 is 16.3. The predicted molar refractivity (Wildman–Crippen MR) is 111 cm³/mol. The van der Waals surface area contributed by atoms with Gasteiger partial charge >= 0.3 is 0 Å². The topological polar surface area (TPSA) is 231 Å². The average molecular weight is 480 g/mol. The smallest absolute Gasteiger partial charge is 0.239 e. The molecule has 0 spiro atoms. The molecule has 182 valence electrons. The van der Waals surface area contributed by atoms with Crippen molar-refractivity contribution in [3.05, 3.63) is 34.5 Å². The molecule has 1 aliphatic heterocycles. The molecule has 2 heterocycles. The number of hydrogen-bond donors (Lipinski definition) is 9. The van der Waals surface area contributed by atoms with E-state index in [9.17, 15) is 50.8 Å². The van der Waals surface area contributed by atoms with Gasteiger partial charge in [0.15, 0.2) is 28.8 Å². The van der Waals surface area contributed by atoms with Crippen LogP contribution in [0, 0.1) is 0 Å². The zero-order chi connectivity index (χ0) is 24.9. The maximum absolute atomic E-state index is 13.3. The van der Waals surface area contributed by atoms with Gasteiger partial charge in [-0.3, -0.25) is 4.79 Å². The van der Waals surface area contributed by atoms with Crippen LogP contribution in [-0.2, 0) is 4.74 Å². The predicted octanol–water partition coefficient (Wildman–Crippen LogP) is -0.833. The van der Waals surface area contributed by atoms with E-state index >= 15 is 0 Å². The fourth-order valence-electron chi connectivity index (χ4n) is 3.54. The Kier molecular flexibility index (Phi) is 5.89. The molecular formula is C21H20O13. The Balaban J connectivity index is 1.94. The molecule has 3 aromatic rings. The number of fused-ring (bicyclic) bond motifs is 1. The fourth-order valence-corrected chi connectivity index (χ4v) is 3.54.